The van der Waals surface area contributed by atoms with Gasteiger partial charge in [0.05, 0.1) is 4.88 Å². The predicted molar refractivity (Wildman–Crippen MR) is 113 cm³/mol. The van der Waals surface area contributed by atoms with Crippen LogP contribution in [0.1, 0.15) is 20.0 Å². The second-order valence-electron chi connectivity index (χ2n) is 6.62. The van der Waals surface area contributed by atoms with Gasteiger partial charge in [-0.05, 0) is 47.8 Å². The highest BCUT2D eigenvalue weighted by molar-refractivity contribution is 7.12. The van der Waals surface area contributed by atoms with Gasteiger partial charge in [-0.1, -0.05) is 24.3 Å². The van der Waals surface area contributed by atoms with Crippen LogP contribution in [-0.2, 0) is 0 Å². The number of hydrogen-bond acceptors (Lipinski definition) is 4. The lowest BCUT2D eigenvalue weighted by molar-refractivity contribution is 0.0746. The smallest absolute Gasteiger partial charge is 0.265 e. The van der Waals surface area contributed by atoms with Gasteiger partial charge < -0.3 is 15.1 Å². The minimum absolute atomic E-state index is 0.0313. The number of nitrogens with one attached hydrogen (secondary N) is 1. The molecule has 3 aromatic rings. The van der Waals surface area contributed by atoms with E-state index in [1.807, 2.05) is 34.5 Å². The minimum Gasteiger partial charge on any atom is -0.368 e. The monoisotopic (exact) mass is 391 g/mol. The summed E-state index contributed by atoms with van der Waals surface area (Å²) in [6, 6.07) is 21.0. The zero-order valence-electron chi connectivity index (χ0n) is 15.4. The molecule has 0 unspecified atom stereocenters. The van der Waals surface area contributed by atoms with Crippen molar-refractivity contribution in [1.29, 1.82) is 0 Å². The van der Waals surface area contributed by atoms with Gasteiger partial charge in [-0.3, -0.25) is 9.59 Å². The summed E-state index contributed by atoms with van der Waals surface area (Å²) in [4.78, 5) is 29.7. The van der Waals surface area contributed by atoms with E-state index in [1.54, 1.807) is 30.3 Å². The summed E-state index contributed by atoms with van der Waals surface area (Å²) >= 11 is 1.40. The summed E-state index contributed by atoms with van der Waals surface area (Å²) in [5.74, 6) is -0.102. The van der Waals surface area contributed by atoms with E-state index in [0.717, 1.165) is 13.1 Å². The average Bonchev–Trinajstić information content (AvgIpc) is 3.30. The van der Waals surface area contributed by atoms with Crippen molar-refractivity contribution in [2.75, 3.05) is 36.4 Å². The fourth-order valence-corrected chi connectivity index (χ4v) is 3.90. The first-order chi connectivity index (χ1) is 13.7. The summed E-state index contributed by atoms with van der Waals surface area (Å²) in [6.07, 6.45) is 0. The Morgan fingerprint density at radius 2 is 1.54 bits per heavy atom. The molecule has 1 saturated heterocycles. The van der Waals surface area contributed by atoms with Gasteiger partial charge in [0.25, 0.3) is 11.8 Å². The van der Waals surface area contributed by atoms with Crippen LogP contribution in [0.4, 0.5) is 11.4 Å². The summed E-state index contributed by atoms with van der Waals surface area (Å²) in [6.45, 7) is 3.05. The fraction of sp³-hybridized carbons (Fsp3) is 0.182. The third-order valence-electron chi connectivity index (χ3n) is 4.82. The van der Waals surface area contributed by atoms with Gasteiger partial charge in [-0.25, -0.2) is 0 Å². The van der Waals surface area contributed by atoms with Crippen molar-refractivity contribution in [3.8, 4) is 0 Å². The summed E-state index contributed by atoms with van der Waals surface area (Å²) in [7, 11) is 0. The molecule has 0 aliphatic carbocycles. The first kappa shape index (κ1) is 18.3. The summed E-state index contributed by atoms with van der Waals surface area (Å²) in [5.41, 5.74) is 2.52. The topological polar surface area (TPSA) is 52.7 Å². The number of rotatable bonds is 4. The molecular weight excluding hydrogens is 370 g/mol. The van der Waals surface area contributed by atoms with E-state index in [1.165, 1.54) is 17.0 Å². The van der Waals surface area contributed by atoms with Crippen LogP contribution in [-0.4, -0.2) is 42.9 Å². The average molecular weight is 391 g/mol. The van der Waals surface area contributed by atoms with Crippen LogP contribution >= 0.6 is 11.3 Å². The largest absolute Gasteiger partial charge is 0.368 e. The Bertz CT molecular complexity index is 932. The molecule has 0 radical (unpaired) electrons. The maximum atomic E-state index is 12.8. The van der Waals surface area contributed by atoms with Crippen molar-refractivity contribution < 1.29 is 9.59 Å². The third kappa shape index (κ3) is 4.07. The predicted octanol–water partition coefficient (Wildman–Crippen LogP) is 3.96. The van der Waals surface area contributed by atoms with Crippen LogP contribution in [0.25, 0.3) is 0 Å². The first-order valence-corrected chi connectivity index (χ1v) is 10.1. The molecule has 0 spiro atoms. The van der Waals surface area contributed by atoms with Crippen molar-refractivity contribution >= 4 is 34.5 Å². The molecule has 1 fully saturated rings. The van der Waals surface area contributed by atoms with E-state index in [2.05, 4.69) is 22.3 Å². The number of nitrogens with zero attached hydrogens (tertiary/aromatic N) is 2. The van der Waals surface area contributed by atoms with Crippen LogP contribution in [0, 0.1) is 0 Å². The van der Waals surface area contributed by atoms with Gasteiger partial charge in [-0.2, -0.15) is 0 Å². The number of amides is 2. The van der Waals surface area contributed by atoms with Gasteiger partial charge in [0, 0.05) is 43.1 Å². The molecule has 5 nitrogen and oxygen atoms in total. The molecule has 6 heteroatoms. The Balaban J connectivity index is 1.34. The van der Waals surface area contributed by atoms with Gasteiger partial charge in [0.2, 0.25) is 0 Å². The number of piperazine rings is 1. The molecular formula is C22H21N3O2S. The van der Waals surface area contributed by atoms with Crippen molar-refractivity contribution in [1.82, 2.24) is 4.90 Å². The lowest BCUT2D eigenvalue weighted by Crippen LogP contribution is -2.48. The van der Waals surface area contributed by atoms with Crippen molar-refractivity contribution in [2.24, 2.45) is 0 Å². The Kier molecular flexibility index (Phi) is 5.39. The van der Waals surface area contributed by atoms with E-state index in [9.17, 15) is 9.59 Å². The molecule has 1 N–H and O–H groups in total. The van der Waals surface area contributed by atoms with Crippen LogP contribution < -0.4 is 10.2 Å². The number of hydrogen-bond donors (Lipinski definition) is 1. The van der Waals surface area contributed by atoms with Crippen molar-refractivity contribution in [3.05, 3.63) is 82.6 Å². The molecule has 28 heavy (non-hydrogen) atoms. The number of benzene rings is 2. The van der Waals surface area contributed by atoms with Crippen LogP contribution in [0.2, 0.25) is 0 Å². The lowest BCUT2D eigenvalue weighted by atomic mass is 10.1. The van der Waals surface area contributed by atoms with Gasteiger partial charge in [-0.15, -0.1) is 11.3 Å². The maximum absolute atomic E-state index is 12.8. The standard InChI is InChI=1S/C22H21N3O2S/c26-21(20-7-4-16-28-20)23-18-10-8-17(9-11-18)22(27)25-14-12-24(13-15-25)19-5-2-1-3-6-19/h1-11,16H,12-15H2,(H,23,26). The molecule has 2 amide bonds. The van der Waals surface area contributed by atoms with E-state index in [0.29, 0.717) is 29.2 Å². The second kappa shape index (κ2) is 8.27. The van der Waals surface area contributed by atoms with Gasteiger partial charge in [0.15, 0.2) is 0 Å². The molecule has 1 aliphatic heterocycles. The fourth-order valence-electron chi connectivity index (χ4n) is 3.29. The summed E-state index contributed by atoms with van der Waals surface area (Å²) in [5, 5.41) is 4.72. The Labute approximate surface area is 168 Å². The Hall–Kier alpha value is -3.12. The zero-order chi connectivity index (χ0) is 19.3. The van der Waals surface area contributed by atoms with E-state index < -0.39 is 0 Å². The Morgan fingerprint density at radius 1 is 0.821 bits per heavy atom. The minimum atomic E-state index is -0.133. The molecule has 1 aliphatic rings. The van der Waals surface area contributed by atoms with Gasteiger partial charge in [0.1, 0.15) is 0 Å². The van der Waals surface area contributed by atoms with E-state index in [-0.39, 0.29) is 11.8 Å². The molecule has 4 rings (SSSR count). The molecule has 1 aromatic heterocycles. The van der Waals surface area contributed by atoms with Crippen molar-refractivity contribution in [2.45, 2.75) is 0 Å². The number of anilines is 2. The van der Waals surface area contributed by atoms with E-state index in [4.69, 9.17) is 0 Å². The molecule has 0 bridgehead atoms. The number of para-hydroxylation sites is 1. The number of carbonyl (C=O) groups excluding carboxylic acids is 2. The van der Waals surface area contributed by atoms with E-state index >= 15 is 0 Å². The molecule has 0 saturated carbocycles. The quantitative estimate of drug-likeness (QED) is 0.732. The van der Waals surface area contributed by atoms with Crippen molar-refractivity contribution in [3.63, 3.8) is 0 Å². The first-order valence-electron chi connectivity index (χ1n) is 9.25. The highest BCUT2D eigenvalue weighted by Gasteiger charge is 2.22. The summed E-state index contributed by atoms with van der Waals surface area (Å²) < 4.78 is 0. The number of carbonyl (C=O) groups is 2. The lowest BCUT2D eigenvalue weighted by Gasteiger charge is -2.36. The SMILES string of the molecule is O=C(Nc1ccc(C(=O)N2CCN(c3ccccc3)CC2)cc1)c1cccs1. The van der Waals surface area contributed by atoms with Gasteiger partial charge >= 0.3 is 0 Å². The third-order valence-corrected chi connectivity index (χ3v) is 5.69. The zero-order valence-corrected chi connectivity index (χ0v) is 16.2. The Morgan fingerprint density at radius 3 is 2.18 bits per heavy atom. The number of thiophene rings is 1. The van der Waals surface area contributed by atoms with Crippen LogP contribution in [0.5, 0.6) is 0 Å². The highest BCUT2D eigenvalue weighted by Crippen LogP contribution is 2.18. The maximum Gasteiger partial charge on any atom is 0.265 e. The van der Waals surface area contributed by atoms with Crippen LogP contribution in [0.15, 0.2) is 72.1 Å². The highest BCUT2D eigenvalue weighted by atomic mass is 32.1. The molecule has 2 aromatic carbocycles. The molecule has 142 valence electrons. The molecule has 2 heterocycles. The second-order valence-corrected chi connectivity index (χ2v) is 7.57. The molecule has 0 atom stereocenters. The van der Waals surface area contributed by atoms with Crippen LogP contribution in [0.3, 0.4) is 0 Å². The normalized spacial score (nSPS) is 14.0.